The van der Waals surface area contributed by atoms with E-state index in [1.54, 1.807) is 17.7 Å². The maximum Gasteiger partial charge on any atom is 0.352 e. The van der Waals surface area contributed by atoms with Crippen molar-refractivity contribution in [2.45, 2.75) is 18.8 Å². The van der Waals surface area contributed by atoms with Crippen LogP contribution in [0.2, 0.25) is 5.02 Å². The zero-order chi connectivity index (χ0) is 18.9. The van der Waals surface area contributed by atoms with Gasteiger partial charge in [-0.1, -0.05) is 23.7 Å². The molecule has 2 aromatic heterocycles. The zero-order valence-corrected chi connectivity index (χ0v) is 16.5. The SMILES string of the molecule is Clc1ccccc1Oc1cc(Nc2nc[n+](-c3cccs3)[nH]2)cc(C2CC2)c1. The van der Waals surface area contributed by atoms with E-state index in [4.69, 9.17) is 16.3 Å². The second-order valence-electron chi connectivity index (χ2n) is 6.75. The third kappa shape index (κ3) is 3.74. The number of halogens is 1. The van der Waals surface area contributed by atoms with Crippen LogP contribution in [0, 0.1) is 0 Å². The van der Waals surface area contributed by atoms with Crippen LogP contribution in [0.4, 0.5) is 11.6 Å². The molecular formula is C21H18ClN4OS+. The van der Waals surface area contributed by atoms with Crippen molar-refractivity contribution in [2.24, 2.45) is 0 Å². The van der Waals surface area contributed by atoms with Crippen molar-refractivity contribution in [3.63, 3.8) is 0 Å². The molecule has 5 rings (SSSR count). The number of hydrogen-bond acceptors (Lipinski definition) is 4. The summed E-state index contributed by atoms with van der Waals surface area (Å²) in [4.78, 5) is 4.43. The number of aromatic nitrogens is 3. The Bertz CT molecular complexity index is 1110. The Kier molecular flexibility index (Phi) is 4.50. The molecule has 0 atom stereocenters. The Morgan fingerprint density at radius 3 is 2.82 bits per heavy atom. The highest BCUT2D eigenvalue weighted by atomic mass is 35.5. The molecule has 7 heteroatoms. The van der Waals surface area contributed by atoms with Gasteiger partial charge in [-0.3, -0.25) is 0 Å². The van der Waals surface area contributed by atoms with Gasteiger partial charge < -0.3 is 10.1 Å². The highest BCUT2D eigenvalue weighted by Crippen LogP contribution is 2.43. The maximum atomic E-state index is 6.25. The van der Waals surface area contributed by atoms with Gasteiger partial charge >= 0.3 is 12.3 Å². The van der Waals surface area contributed by atoms with Gasteiger partial charge in [0.05, 0.1) is 5.02 Å². The quantitative estimate of drug-likeness (QED) is 0.395. The minimum atomic E-state index is 0.594. The molecule has 0 amide bonds. The number of hydrogen-bond donors (Lipinski definition) is 2. The first-order valence-electron chi connectivity index (χ1n) is 9.09. The minimum Gasteiger partial charge on any atom is -0.456 e. The van der Waals surface area contributed by atoms with Gasteiger partial charge in [-0.15, -0.1) is 16.0 Å². The first-order valence-corrected chi connectivity index (χ1v) is 10.4. The minimum absolute atomic E-state index is 0.594. The maximum absolute atomic E-state index is 6.25. The molecule has 0 bridgehead atoms. The van der Waals surface area contributed by atoms with Crippen LogP contribution in [0.25, 0.3) is 5.00 Å². The predicted octanol–water partition coefficient (Wildman–Crippen LogP) is 5.81. The summed E-state index contributed by atoms with van der Waals surface area (Å²) in [7, 11) is 0. The summed E-state index contributed by atoms with van der Waals surface area (Å²) in [5.74, 6) is 2.68. The molecule has 28 heavy (non-hydrogen) atoms. The van der Waals surface area contributed by atoms with Gasteiger partial charge in [0.15, 0.2) is 0 Å². The molecule has 0 spiro atoms. The van der Waals surface area contributed by atoms with E-state index in [9.17, 15) is 0 Å². The lowest BCUT2D eigenvalue weighted by molar-refractivity contribution is -0.652. The summed E-state index contributed by atoms with van der Waals surface area (Å²) < 4.78 is 7.95. The zero-order valence-electron chi connectivity index (χ0n) is 14.9. The van der Waals surface area contributed by atoms with Crippen molar-refractivity contribution in [1.29, 1.82) is 0 Å². The molecule has 5 nitrogen and oxygen atoms in total. The molecular weight excluding hydrogens is 392 g/mol. The van der Waals surface area contributed by atoms with Crippen molar-refractivity contribution < 1.29 is 9.42 Å². The first-order chi connectivity index (χ1) is 13.7. The van der Waals surface area contributed by atoms with Crippen LogP contribution in [-0.2, 0) is 0 Å². The summed E-state index contributed by atoms with van der Waals surface area (Å²) in [6.45, 7) is 0. The number of ether oxygens (including phenoxy) is 1. The molecule has 2 heterocycles. The van der Waals surface area contributed by atoms with Crippen LogP contribution in [-0.4, -0.2) is 10.1 Å². The van der Waals surface area contributed by atoms with Crippen LogP contribution in [0.1, 0.15) is 24.3 Å². The van der Waals surface area contributed by atoms with E-state index in [-0.39, 0.29) is 0 Å². The van der Waals surface area contributed by atoms with E-state index in [1.807, 2.05) is 52.5 Å². The Morgan fingerprint density at radius 1 is 1.14 bits per heavy atom. The number of thiophene rings is 1. The smallest absolute Gasteiger partial charge is 0.352 e. The van der Waals surface area contributed by atoms with Gasteiger partial charge in [0, 0.05) is 11.8 Å². The van der Waals surface area contributed by atoms with Crippen LogP contribution in [0.15, 0.2) is 66.3 Å². The Balaban J connectivity index is 1.42. The fourth-order valence-corrected chi connectivity index (χ4v) is 3.90. The molecule has 2 N–H and O–H groups in total. The second kappa shape index (κ2) is 7.30. The van der Waals surface area contributed by atoms with E-state index in [2.05, 4.69) is 27.5 Å². The standard InChI is InChI=1S/C21H17ClN4OS/c22-18-4-1-2-5-19(18)27-17-11-15(14-7-8-14)10-16(12-17)24-21-23-13-26(25-21)20-6-3-9-28-20/h1-6,9-14H,7-8H2,(H,24,25)/p+1. The van der Waals surface area contributed by atoms with Crippen LogP contribution in [0.5, 0.6) is 11.5 Å². The van der Waals surface area contributed by atoms with Crippen molar-refractivity contribution >= 4 is 34.6 Å². The van der Waals surface area contributed by atoms with E-state index in [0.717, 1.165) is 16.4 Å². The molecule has 1 saturated carbocycles. The van der Waals surface area contributed by atoms with Gasteiger partial charge in [0.1, 0.15) is 11.5 Å². The number of rotatable bonds is 6. The highest BCUT2D eigenvalue weighted by Gasteiger charge is 2.25. The molecule has 0 radical (unpaired) electrons. The van der Waals surface area contributed by atoms with Gasteiger partial charge in [-0.25, -0.2) is 0 Å². The van der Waals surface area contributed by atoms with Crippen molar-refractivity contribution in [2.75, 3.05) is 5.32 Å². The average molecular weight is 410 g/mol. The van der Waals surface area contributed by atoms with E-state index in [0.29, 0.717) is 22.6 Å². The predicted molar refractivity (Wildman–Crippen MR) is 111 cm³/mol. The number of anilines is 2. The van der Waals surface area contributed by atoms with E-state index >= 15 is 0 Å². The van der Waals surface area contributed by atoms with Gasteiger partial charge in [0.25, 0.3) is 0 Å². The third-order valence-electron chi connectivity index (χ3n) is 4.58. The lowest BCUT2D eigenvalue weighted by Crippen LogP contribution is -2.30. The largest absolute Gasteiger partial charge is 0.456 e. The number of nitrogens with zero attached hydrogens (tertiary/aromatic N) is 2. The van der Waals surface area contributed by atoms with Gasteiger partial charge in [-0.05, 0) is 71.1 Å². The van der Waals surface area contributed by atoms with Crippen molar-refractivity contribution in [1.82, 2.24) is 10.1 Å². The van der Waals surface area contributed by atoms with Crippen molar-refractivity contribution in [3.8, 4) is 16.5 Å². The fraction of sp³-hybridized carbons (Fsp3) is 0.143. The number of para-hydroxylation sites is 1. The lowest BCUT2D eigenvalue weighted by atomic mass is 10.1. The number of H-pyrrole nitrogens is 1. The fourth-order valence-electron chi connectivity index (χ4n) is 3.06. The molecule has 0 unspecified atom stereocenters. The summed E-state index contributed by atoms with van der Waals surface area (Å²) in [6, 6.07) is 17.8. The van der Waals surface area contributed by atoms with Gasteiger partial charge in [0.2, 0.25) is 5.00 Å². The molecule has 1 fully saturated rings. The lowest BCUT2D eigenvalue weighted by Gasteiger charge is -2.11. The molecule has 140 valence electrons. The monoisotopic (exact) mass is 409 g/mol. The average Bonchev–Trinajstić information content (AvgIpc) is 3.20. The normalized spacial score (nSPS) is 13.5. The molecule has 1 aliphatic rings. The Labute approximate surface area is 171 Å². The Hall–Kier alpha value is -2.83. The second-order valence-corrected chi connectivity index (χ2v) is 8.08. The van der Waals surface area contributed by atoms with E-state index < -0.39 is 0 Å². The highest BCUT2D eigenvalue weighted by molar-refractivity contribution is 7.11. The summed E-state index contributed by atoms with van der Waals surface area (Å²) >= 11 is 7.90. The number of benzene rings is 2. The molecule has 0 aliphatic heterocycles. The Morgan fingerprint density at radius 2 is 2.04 bits per heavy atom. The number of nitrogens with one attached hydrogen (secondary N) is 2. The summed E-state index contributed by atoms with van der Waals surface area (Å²) in [5.41, 5.74) is 2.20. The van der Waals surface area contributed by atoms with Gasteiger partial charge in [-0.2, -0.15) is 5.10 Å². The molecule has 2 aromatic carbocycles. The first kappa shape index (κ1) is 17.3. The third-order valence-corrected chi connectivity index (χ3v) is 5.76. The van der Waals surface area contributed by atoms with Crippen LogP contribution >= 0.6 is 22.9 Å². The molecule has 4 aromatic rings. The van der Waals surface area contributed by atoms with Crippen LogP contribution in [0.3, 0.4) is 0 Å². The molecule has 1 aliphatic carbocycles. The van der Waals surface area contributed by atoms with E-state index in [1.165, 1.54) is 18.4 Å². The summed E-state index contributed by atoms with van der Waals surface area (Å²) in [5, 5.41) is 10.3. The molecule has 0 saturated heterocycles. The topological polar surface area (TPSA) is 53.8 Å². The number of aromatic amines is 1. The van der Waals surface area contributed by atoms with Crippen LogP contribution < -0.4 is 14.7 Å². The summed E-state index contributed by atoms with van der Waals surface area (Å²) in [6.07, 6.45) is 4.20. The van der Waals surface area contributed by atoms with Crippen molar-refractivity contribution in [3.05, 3.63) is 76.9 Å².